The van der Waals surface area contributed by atoms with Gasteiger partial charge in [-0.25, -0.2) is 14.4 Å². The van der Waals surface area contributed by atoms with Gasteiger partial charge in [-0.3, -0.25) is 0 Å². The summed E-state index contributed by atoms with van der Waals surface area (Å²) in [7, 11) is 1.56. The standard InChI is InChI=1S/C30H55N5O13/c1-28(2,3)47-26(40)34-16-10-9-14(12-33-25(38)39)44-23(16)46-21-17(35-27(41)48-29(4,5)6)11-15(31)20(18(21)36)45-24-19(37)22(32-8)30(7,42)13-43-24/h14-24,32-33,36-37,42H,9-13,31H2,1-8H3,(H,34,40)(H,35,41)(H,38,39)/t14-,15+,16+,17-,18+,19+,20-,21+,22+,23+,24+,30-/m0/s1. The van der Waals surface area contributed by atoms with Crippen LogP contribution in [0.1, 0.15) is 67.7 Å². The smallest absolute Gasteiger partial charge is 0.408 e. The molecule has 2 heterocycles. The van der Waals surface area contributed by atoms with Crippen molar-refractivity contribution in [3.63, 3.8) is 0 Å². The van der Waals surface area contributed by atoms with Gasteiger partial charge in [0.15, 0.2) is 12.6 Å². The van der Waals surface area contributed by atoms with Crippen molar-refractivity contribution in [3.8, 4) is 0 Å². The van der Waals surface area contributed by atoms with E-state index in [9.17, 15) is 29.7 Å². The Labute approximate surface area is 280 Å². The van der Waals surface area contributed by atoms with E-state index in [1.54, 1.807) is 48.6 Å². The maximum atomic E-state index is 12.9. The Morgan fingerprint density at radius 1 is 0.896 bits per heavy atom. The first-order valence-electron chi connectivity index (χ1n) is 16.2. The van der Waals surface area contributed by atoms with Gasteiger partial charge in [0, 0.05) is 12.6 Å². The second kappa shape index (κ2) is 16.0. The number of nitrogens with two attached hydrogens (primary N) is 1. The van der Waals surface area contributed by atoms with Crippen LogP contribution in [0, 0.1) is 0 Å². The van der Waals surface area contributed by atoms with Crippen LogP contribution in [0.5, 0.6) is 0 Å². The van der Waals surface area contributed by atoms with Gasteiger partial charge in [-0.1, -0.05) is 0 Å². The van der Waals surface area contributed by atoms with Crippen LogP contribution in [0.2, 0.25) is 0 Å². The lowest BCUT2D eigenvalue weighted by Crippen LogP contribution is -2.69. The van der Waals surface area contributed by atoms with Crippen LogP contribution < -0.4 is 27.0 Å². The topological polar surface area (TPSA) is 262 Å². The van der Waals surface area contributed by atoms with Crippen LogP contribution in [0.15, 0.2) is 0 Å². The Kier molecular flexibility index (Phi) is 13.3. The Balaban J connectivity index is 1.90. The molecular weight excluding hydrogens is 638 g/mol. The molecule has 48 heavy (non-hydrogen) atoms. The molecule has 0 aromatic carbocycles. The molecule has 18 heteroatoms. The zero-order valence-electron chi connectivity index (χ0n) is 28.9. The molecule has 0 radical (unpaired) electrons. The number of aliphatic hydroxyl groups excluding tert-OH is 2. The third-order valence-electron chi connectivity index (χ3n) is 8.08. The number of aliphatic hydroxyl groups is 3. The minimum atomic E-state index is -1.57. The van der Waals surface area contributed by atoms with Crippen LogP contribution >= 0.6 is 0 Å². The maximum Gasteiger partial charge on any atom is 0.408 e. The van der Waals surface area contributed by atoms with Crippen molar-refractivity contribution in [2.24, 2.45) is 5.73 Å². The fourth-order valence-corrected chi connectivity index (χ4v) is 6.00. The Bertz CT molecular complexity index is 1100. The molecule has 278 valence electrons. The van der Waals surface area contributed by atoms with Crippen molar-refractivity contribution in [3.05, 3.63) is 0 Å². The third kappa shape index (κ3) is 11.2. The zero-order chi connectivity index (χ0) is 36.2. The van der Waals surface area contributed by atoms with Crippen molar-refractivity contribution >= 4 is 18.3 Å². The highest BCUT2D eigenvalue weighted by Gasteiger charge is 2.52. The first-order chi connectivity index (χ1) is 22.1. The fraction of sp³-hybridized carbons (Fsp3) is 0.900. The predicted octanol–water partition coefficient (Wildman–Crippen LogP) is -0.536. The van der Waals surface area contributed by atoms with E-state index in [1.165, 1.54) is 6.92 Å². The normalized spacial score (nSPS) is 37.6. The number of hydrogen-bond acceptors (Lipinski definition) is 14. The minimum Gasteiger partial charge on any atom is -0.465 e. The molecule has 3 amide bonds. The number of alkyl carbamates (subject to hydrolysis) is 2. The molecule has 0 spiro atoms. The lowest BCUT2D eigenvalue weighted by Gasteiger charge is -2.49. The molecule has 2 saturated heterocycles. The molecule has 1 saturated carbocycles. The van der Waals surface area contributed by atoms with E-state index in [2.05, 4.69) is 21.3 Å². The average molecular weight is 694 g/mol. The number of carboxylic acid groups (broad SMARTS) is 1. The number of ether oxygens (including phenoxy) is 6. The van der Waals surface area contributed by atoms with E-state index in [0.29, 0.717) is 6.42 Å². The molecule has 3 aliphatic rings. The monoisotopic (exact) mass is 693 g/mol. The lowest BCUT2D eigenvalue weighted by molar-refractivity contribution is -0.307. The molecule has 10 N–H and O–H groups in total. The van der Waals surface area contributed by atoms with Crippen LogP contribution in [0.4, 0.5) is 14.4 Å². The lowest BCUT2D eigenvalue weighted by atomic mass is 9.83. The van der Waals surface area contributed by atoms with Gasteiger partial charge in [0.2, 0.25) is 0 Å². The summed E-state index contributed by atoms with van der Waals surface area (Å²) in [4.78, 5) is 36.8. The highest BCUT2D eigenvalue weighted by molar-refractivity contribution is 5.68. The summed E-state index contributed by atoms with van der Waals surface area (Å²) in [6.45, 7) is 11.4. The molecule has 0 bridgehead atoms. The second-order valence-corrected chi connectivity index (χ2v) is 14.8. The predicted molar refractivity (Wildman–Crippen MR) is 168 cm³/mol. The fourth-order valence-electron chi connectivity index (χ4n) is 6.00. The number of carbonyl (C=O) groups excluding carboxylic acids is 2. The van der Waals surface area contributed by atoms with Crippen molar-refractivity contribution in [2.75, 3.05) is 20.2 Å². The van der Waals surface area contributed by atoms with E-state index >= 15 is 0 Å². The van der Waals surface area contributed by atoms with Gasteiger partial charge < -0.3 is 75.8 Å². The van der Waals surface area contributed by atoms with E-state index in [-0.39, 0.29) is 26.0 Å². The summed E-state index contributed by atoms with van der Waals surface area (Å²) >= 11 is 0. The summed E-state index contributed by atoms with van der Waals surface area (Å²) in [5.41, 5.74) is 3.40. The molecule has 3 fully saturated rings. The first-order valence-corrected chi connectivity index (χ1v) is 16.2. The van der Waals surface area contributed by atoms with Crippen molar-refractivity contribution in [2.45, 2.75) is 152 Å². The zero-order valence-corrected chi connectivity index (χ0v) is 28.9. The molecule has 0 unspecified atom stereocenters. The number of nitrogens with one attached hydrogen (secondary N) is 4. The molecule has 2 aliphatic heterocycles. The number of hydrogen-bond donors (Lipinski definition) is 9. The third-order valence-corrected chi connectivity index (χ3v) is 8.08. The molecular formula is C30H55N5O13. The number of amides is 3. The van der Waals surface area contributed by atoms with Gasteiger partial charge in [0.1, 0.15) is 41.2 Å². The second-order valence-electron chi connectivity index (χ2n) is 14.8. The summed E-state index contributed by atoms with van der Waals surface area (Å²) in [6.07, 6.45) is -10.8. The number of likely N-dealkylation sites (N-methyl/N-ethyl adjacent to an activating group) is 1. The van der Waals surface area contributed by atoms with Crippen LogP contribution in [0.3, 0.4) is 0 Å². The highest BCUT2D eigenvalue weighted by Crippen LogP contribution is 2.33. The minimum absolute atomic E-state index is 0.00248. The Hall–Kier alpha value is -2.55. The summed E-state index contributed by atoms with van der Waals surface area (Å²) in [5, 5.41) is 53.1. The van der Waals surface area contributed by atoms with Gasteiger partial charge in [-0.05, 0) is 74.8 Å². The van der Waals surface area contributed by atoms with Crippen molar-refractivity contribution < 1.29 is 63.2 Å². The Morgan fingerprint density at radius 2 is 1.46 bits per heavy atom. The summed E-state index contributed by atoms with van der Waals surface area (Å²) < 4.78 is 35.0. The van der Waals surface area contributed by atoms with Crippen LogP contribution in [-0.2, 0) is 28.4 Å². The van der Waals surface area contributed by atoms with E-state index in [0.717, 1.165) is 0 Å². The number of rotatable bonds is 9. The molecule has 0 aromatic rings. The quantitative estimate of drug-likeness (QED) is 0.147. The molecule has 1 aliphatic carbocycles. The molecule has 18 nitrogen and oxygen atoms in total. The molecule has 3 rings (SSSR count). The van der Waals surface area contributed by atoms with Gasteiger partial charge in [-0.15, -0.1) is 0 Å². The average Bonchev–Trinajstić information content (AvgIpc) is 2.92. The van der Waals surface area contributed by atoms with Gasteiger partial charge in [-0.2, -0.15) is 0 Å². The SMILES string of the molecule is CN[C@@H]1[C@@H](O)[C@@H](O[C@@H]2[C@@H](O)[C@H](O[C@H]3O[C@H](CNC(=O)O)CC[C@H]3NC(=O)OC(C)(C)C)[C@@H](NC(=O)OC(C)(C)C)C[C@H]2N)OC[C@]1(C)O. The number of carbonyl (C=O) groups is 3. The molecule has 12 atom stereocenters. The van der Waals surface area contributed by atoms with E-state index in [1.807, 2.05) is 0 Å². The maximum absolute atomic E-state index is 12.9. The first kappa shape index (κ1) is 39.9. The van der Waals surface area contributed by atoms with Gasteiger partial charge >= 0.3 is 18.3 Å². The summed E-state index contributed by atoms with van der Waals surface area (Å²) in [6, 6.07) is -3.53. The molecule has 0 aromatic heterocycles. The van der Waals surface area contributed by atoms with E-state index < -0.39 is 102 Å². The van der Waals surface area contributed by atoms with Crippen molar-refractivity contribution in [1.29, 1.82) is 0 Å². The largest absolute Gasteiger partial charge is 0.465 e. The van der Waals surface area contributed by atoms with Crippen molar-refractivity contribution in [1.82, 2.24) is 21.3 Å². The highest BCUT2D eigenvalue weighted by atomic mass is 16.7. The van der Waals surface area contributed by atoms with Gasteiger partial charge in [0.25, 0.3) is 0 Å². The van der Waals surface area contributed by atoms with Crippen LogP contribution in [0.25, 0.3) is 0 Å². The summed E-state index contributed by atoms with van der Waals surface area (Å²) in [5.74, 6) is 0. The Morgan fingerprint density at radius 3 is 2.00 bits per heavy atom. The van der Waals surface area contributed by atoms with E-state index in [4.69, 9.17) is 39.3 Å². The van der Waals surface area contributed by atoms with Gasteiger partial charge in [0.05, 0.1) is 30.8 Å². The van der Waals surface area contributed by atoms with Crippen LogP contribution in [-0.4, -0.2) is 143 Å².